The first-order valence-electron chi connectivity index (χ1n) is 6.66. The van der Waals surface area contributed by atoms with Crippen LogP contribution < -0.4 is 10.7 Å². The lowest BCUT2D eigenvalue weighted by Gasteiger charge is -2.16. The smallest absolute Gasteiger partial charge is 0.408 e. The third kappa shape index (κ3) is 5.06. The molecule has 2 amide bonds. The Labute approximate surface area is 142 Å². The number of halogens is 1. The van der Waals surface area contributed by atoms with E-state index in [4.69, 9.17) is 4.74 Å². The third-order valence-electron chi connectivity index (χ3n) is 2.82. The Hall–Kier alpha value is -2.03. The highest BCUT2D eigenvalue weighted by Crippen LogP contribution is 2.01. The fraction of sp³-hybridized carbons (Fsp3) is 0.200. The molecule has 0 spiro atoms. The lowest BCUT2D eigenvalue weighted by atomic mass is 10.2. The molecule has 0 saturated heterocycles. The molecule has 0 fully saturated rings. The molecule has 1 unspecified atom stereocenters. The summed E-state index contributed by atoms with van der Waals surface area (Å²) in [5.41, 5.74) is 3.54. The highest BCUT2D eigenvalue weighted by Gasteiger charge is 2.20. The van der Waals surface area contributed by atoms with E-state index in [1.165, 1.54) is 4.68 Å². The average Bonchev–Trinajstić information content (AvgIpc) is 3.04. The molecular formula is C15H16IN3O3. The van der Waals surface area contributed by atoms with Gasteiger partial charge in [-0.15, -0.1) is 0 Å². The predicted molar refractivity (Wildman–Crippen MR) is 91.2 cm³/mol. The molecule has 2 rings (SSSR count). The first kappa shape index (κ1) is 16.3. The Bertz CT molecular complexity index is 602. The van der Waals surface area contributed by atoms with Crippen molar-refractivity contribution in [3.63, 3.8) is 0 Å². The van der Waals surface area contributed by atoms with Crippen molar-refractivity contribution in [3.8, 4) is 0 Å². The molecule has 0 bridgehead atoms. The fourth-order valence-corrected chi connectivity index (χ4v) is 2.32. The number of nitrogens with zero attached hydrogens (tertiary/aromatic N) is 1. The molecule has 6 nitrogen and oxygen atoms in total. The monoisotopic (exact) mass is 413 g/mol. The van der Waals surface area contributed by atoms with Crippen LogP contribution in [0.1, 0.15) is 5.56 Å². The number of alkyl carbamates (subject to hydrolysis) is 1. The topological polar surface area (TPSA) is 72.4 Å². The maximum absolute atomic E-state index is 12.0. The van der Waals surface area contributed by atoms with Gasteiger partial charge in [-0.05, 0) is 17.7 Å². The molecular weight excluding hydrogens is 397 g/mol. The van der Waals surface area contributed by atoms with Crippen LogP contribution in [0.25, 0.3) is 0 Å². The van der Waals surface area contributed by atoms with Crippen molar-refractivity contribution >= 4 is 34.6 Å². The van der Waals surface area contributed by atoms with Gasteiger partial charge < -0.3 is 10.1 Å². The molecule has 0 aliphatic heterocycles. The summed E-state index contributed by atoms with van der Waals surface area (Å²) >= 11 is 2.04. The normalized spacial score (nSPS) is 11.5. The van der Waals surface area contributed by atoms with E-state index in [0.717, 1.165) is 5.56 Å². The maximum Gasteiger partial charge on any atom is 0.408 e. The Kier molecular flexibility index (Phi) is 6.26. The van der Waals surface area contributed by atoms with E-state index >= 15 is 0 Å². The van der Waals surface area contributed by atoms with Gasteiger partial charge in [-0.3, -0.25) is 14.9 Å². The highest BCUT2D eigenvalue weighted by molar-refractivity contribution is 14.1. The summed E-state index contributed by atoms with van der Waals surface area (Å²) in [6, 6.07) is 12.3. The Balaban J connectivity index is 1.81. The zero-order chi connectivity index (χ0) is 15.8. The van der Waals surface area contributed by atoms with Gasteiger partial charge in [0.2, 0.25) is 0 Å². The van der Waals surface area contributed by atoms with Gasteiger partial charge in [0, 0.05) is 16.8 Å². The average molecular weight is 413 g/mol. The Morgan fingerprint density at radius 2 is 1.82 bits per heavy atom. The summed E-state index contributed by atoms with van der Waals surface area (Å²) in [6.07, 6.45) is 2.79. The molecule has 22 heavy (non-hydrogen) atoms. The molecule has 1 atom stereocenters. The minimum absolute atomic E-state index is 0.167. The van der Waals surface area contributed by atoms with Gasteiger partial charge in [0.1, 0.15) is 12.6 Å². The molecule has 2 aromatic rings. The van der Waals surface area contributed by atoms with Gasteiger partial charge in [0.05, 0.1) is 0 Å². The van der Waals surface area contributed by atoms with Crippen molar-refractivity contribution < 1.29 is 14.3 Å². The zero-order valence-electron chi connectivity index (χ0n) is 11.7. The van der Waals surface area contributed by atoms with E-state index in [0.29, 0.717) is 4.43 Å². The fourth-order valence-electron chi connectivity index (χ4n) is 1.70. The second-order valence-corrected chi connectivity index (χ2v) is 5.36. The molecule has 1 aromatic carbocycles. The predicted octanol–water partition coefficient (Wildman–Crippen LogP) is 2.29. The number of alkyl halides is 1. The minimum Gasteiger partial charge on any atom is -0.445 e. The molecule has 1 aromatic heterocycles. The minimum atomic E-state index is -0.661. The first-order valence-corrected chi connectivity index (χ1v) is 8.18. The van der Waals surface area contributed by atoms with Crippen LogP contribution in [0.5, 0.6) is 0 Å². The molecule has 0 aliphatic rings. The molecule has 116 valence electrons. The maximum atomic E-state index is 12.0. The number of benzene rings is 1. The number of amides is 2. The number of rotatable bonds is 6. The van der Waals surface area contributed by atoms with Crippen LogP contribution in [-0.4, -0.2) is 27.1 Å². The van der Waals surface area contributed by atoms with Gasteiger partial charge in [0.25, 0.3) is 5.91 Å². The summed E-state index contributed by atoms with van der Waals surface area (Å²) in [7, 11) is 0. The van der Waals surface area contributed by atoms with Crippen LogP contribution in [0.4, 0.5) is 4.79 Å². The Morgan fingerprint density at radius 1 is 1.14 bits per heavy atom. The lowest BCUT2D eigenvalue weighted by molar-refractivity contribution is -0.118. The second-order valence-electron chi connectivity index (χ2n) is 4.48. The summed E-state index contributed by atoms with van der Waals surface area (Å²) in [5, 5.41) is 2.56. The molecule has 0 radical (unpaired) electrons. The number of carbonyl (C=O) groups is 2. The SMILES string of the molecule is O=C(NC(CI)C(=O)Nn1cccc1)OCc1ccccc1. The highest BCUT2D eigenvalue weighted by atomic mass is 127. The number of ether oxygens (including phenoxy) is 1. The van der Waals surface area contributed by atoms with Crippen LogP contribution in [0.15, 0.2) is 54.9 Å². The van der Waals surface area contributed by atoms with E-state index in [1.54, 1.807) is 24.5 Å². The largest absolute Gasteiger partial charge is 0.445 e. The Morgan fingerprint density at radius 3 is 2.45 bits per heavy atom. The van der Waals surface area contributed by atoms with Crippen molar-refractivity contribution in [1.29, 1.82) is 0 Å². The summed E-state index contributed by atoms with van der Waals surface area (Å²) in [6.45, 7) is 0.167. The van der Waals surface area contributed by atoms with Gasteiger partial charge in [-0.25, -0.2) is 4.79 Å². The van der Waals surface area contributed by atoms with Crippen molar-refractivity contribution in [2.24, 2.45) is 0 Å². The molecule has 1 heterocycles. The van der Waals surface area contributed by atoms with E-state index in [9.17, 15) is 9.59 Å². The van der Waals surface area contributed by atoms with Gasteiger partial charge >= 0.3 is 6.09 Å². The molecule has 0 saturated carbocycles. The van der Waals surface area contributed by atoms with Crippen LogP contribution in [0, 0.1) is 0 Å². The lowest BCUT2D eigenvalue weighted by Crippen LogP contribution is -2.46. The molecule has 7 heteroatoms. The van der Waals surface area contributed by atoms with Crippen molar-refractivity contribution in [3.05, 3.63) is 60.4 Å². The number of nitrogens with one attached hydrogen (secondary N) is 2. The van der Waals surface area contributed by atoms with E-state index in [1.807, 2.05) is 52.9 Å². The van der Waals surface area contributed by atoms with E-state index in [2.05, 4.69) is 10.7 Å². The van der Waals surface area contributed by atoms with Crippen LogP contribution in [-0.2, 0) is 16.1 Å². The summed E-state index contributed by atoms with van der Waals surface area (Å²) < 4.78 is 7.07. The zero-order valence-corrected chi connectivity index (χ0v) is 13.9. The number of hydrogen-bond donors (Lipinski definition) is 2. The van der Waals surface area contributed by atoms with Gasteiger partial charge in [0.15, 0.2) is 0 Å². The van der Waals surface area contributed by atoms with E-state index in [-0.39, 0.29) is 12.5 Å². The molecule has 2 N–H and O–H groups in total. The second kappa shape index (κ2) is 8.42. The van der Waals surface area contributed by atoms with E-state index < -0.39 is 12.1 Å². The number of carbonyl (C=O) groups excluding carboxylic acids is 2. The van der Waals surface area contributed by atoms with Crippen molar-refractivity contribution in [1.82, 2.24) is 9.99 Å². The van der Waals surface area contributed by atoms with Crippen LogP contribution >= 0.6 is 22.6 Å². The number of aromatic nitrogens is 1. The van der Waals surface area contributed by atoms with Crippen LogP contribution in [0.2, 0.25) is 0 Å². The standard InChI is InChI=1S/C15H16IN3O3/c16-10-13(14(20)18-19-8-4-5-9-19)17-15(21)22-11-12-6-2-1-3-7-12/h1-9,13H,10-11H2,(H,17,21)(H,18,20). The van der Waals surface area contributed by atoms with Gasteiger partial charge in [-0.1, -0.05) is 52.9 Å². The summed E-state index contributed by atoms with van der Waals surface area (Å²) in [4.78, 5) is 23.8. The van der Waals surface area contributed by atoms with Crippen LogP contribution in [0.3, 0.4) is 0 Å². The first-order chi connectivity index (χ1) is 10.7. The van der Waals surface area contributed by atoms with Gasteiger partial charge in [-0.2, -0.15) is 0 Å². The van der Waals surface area contributed by atoms with Crippen molar-refractivity contribution in [2.75, 3.05) is 9.85 Å². The summed E-state index contributed by atoms with van der Waals surface area (Å²) in [5.74, 6) is -0.303. The number of hydrogen-bond acceptors (Lipinski definition) is 3. The third-order valence-corrected chi connectivity index (χ3v) is 3.70. The molecule has 0 aliphatic carbocycles. The quantitative estimate of drug-likeness (QED) is 0.564. The van der Waals surface area contributed by atoms with Crippen molar-refractivity contribution in [2.45, 2.75) is 12.6 Å².